The van der Waals surface area contributed by atoms with Crippen molar-refractivity contribution in [1.82, 2.24) is 14.7 Å². The van der Waals surface area contributed by atoms with Gasteiger partial charge >= 0.3 is 0 Å². The fraction of sp³-hybridized carbons (Fsp3) is 0.750. The number of amides is 1. The summed E-state index contributed by atoms with van der Waals surface area (Å²) >= 11 is 0. The van der Waals surface area contributed by atoms with Gasteiger partial charge in [0.05, 0.1) is 0 Å². The molecule has 0 N–H and O–H groups in total. The highest BCUT2D eigenvalue weighted by Gasteiger charge is 2.38. The standard InChI is InChI=1S/C16H25N3O/c1-13(2)19-10-5-14(17-19)15(20)18-11-8-16(9-12-18)6-3-4-7-16/h5,10,13H,3-4,6-9,11-12H2,1-2H3. The van der Waals surface area contributed by atoms with Crippen molar-refractivity contribution in [2.45, 2.75) is 58.4 Å². The van der Waals surface area contributed by atoms with Crippen LogP contribution in [0.4, 0.5) is 0 Å². The Labute approximate surface area is 121 Å². The van der Waals surface area contributed by atoms with E-state index in [1.807, 2.05) is 21.8 Å². The molecule has 1 saturated carbocycles. The van der Waals surface area contributed by atoms with Crippen LogP contribution in [0.3, 0.4) is 0 Å². The van der Waals surface area contributed by atoms with Crippen molar-refractivity contribution >= 4 is 5.91 Å². The largest absolute Gasteiger partial charge is 0.337 e. The number of nitrogens with zero attached hydrogens (tertiary/aromatic N) is 3. The van der Waals surface area contributed by atoms with Crippen molar-refractivity contribution in [1.29, 1.82) is 0 Å². The van der Waals surface area contributed by atoms with Gasteiger partial charge in [-0.05, 0) is 51.0 Å². The summed E-state index contributed by atoms with van der Waals surface area (Å²) in [5.74, 6) is 0.109. The molecule has 0 bridgehead atoms. The minimum Gasteiger partial charge on any atom is -0.337 e. The molecule has 110 valence electrons. The molecular weight excluding hydrogens is 250 g/mol. The van der Waals surface area contributed by atoms with Gasteiger partial charge in [0.2, 0.25) is 0 Å². The first-order valence-corrected chi connectivity index (χ1v) is 7.94. The Morgan fingerprint density at radius 3 is 2.40 bits per heavy atom. The Bertz CT molecular complexity index is 476. The van der Waals surface area contributed by atoms with Crippen LogP contribution >= 0.6 is 0 Å². The molecule has 3 rings (SSSR count). The highest BCUT2D eigenvalue weighted by molar-refractivity contribution is 5.92. The van der Waals surface area contributed by atoms with E-state index in [2.05, 4.69) is 18.9 Å². The van der Waals surface area contributed by atoms with Gasteiger partial charge in [-0.1, -0.05) is 12.8 Å². The van der Waals surface area contributed by atoms with Crippen LogP contribution in [0.25, 0.3) is 0 Å². The highest BCUT2D eigenvalue weighted by Crippen LogP contribution is 2.46. The average Bonchev–Trinajstić information content (AvgIpc) is 3.08. The molecular formula is C16H25N3O. The molecule has 2 heterocycles. The second-order valence-corrected chi connectivity index (χ2v) is 6.77. The number of carbonyl (C=O) groups is 1. The zero-order chi connectivity index (χ0) is 14.2. The lowest BCUT2D eigenvalue weighted by Crippen LogP contribution is -2.42. The lowest BCUT2D eigenvalue weighted by Gasteiger charge is -2.39. The molecule has 1 aromatic heterocycles. The van der Waals surface area contributed by atoms with Gasteiger partial charge in [0, 0.05) is 25.3 Å². The third-order valence-corrected chi connectivity index (χ3v) is 5.13. The Morgan fingerprint density at radius 1 is 1.20 bits per heavy atom. The van der Waals surface area contributed by atoms with Gasteiger partial charge < -0.3 is 4.90 Å². The van der Waals surface area contributed by atoms with Crippen LogP contribution in [0.15, 0.2) is 12.3 Å². The van der Waals surface area contributed by atoms with Crippen LogP contribution in [0.5, 0.6) is 0 Å². The lowest BCUT2D eigenvalue weighted by atomic mass is 9.77. The summed E-state index contributed by atoms with van der Waals surface area (Å²) in [5.41, 5.74) is 1.16. The molecule has 1 aliphatic heterocycles. The second-order valence-electron chi connectivity index (χ2n) is 6.77. The van der Waals surface area contributed by atoms with E-state index >= 15 is 0 Å². The molecule has 2 aliphatic rings. The molecule has 20 heavy (non-hydrogen) atoms. The van der Waals surface area contributed by atoms with Crippen LogP contribution in [-0.4, -0.2) is 33.7 Å². The first kappa shape index (κ1) is 13.7. The summed E-state index contributed by atoms with van der Waals surface area (Å²) < 4.78 is 1.86. The molecule has 1 saturated heterocycles. The lowest BCUT2D eigenvalue weighted by molar-refractivity contribution is 0.0581. The highest BCUT2D eigenvalue weighted by atomic mass is 16.2. The normalized spacial score (nSPS) is 21.9. The van der Waals surface area contributed by atoms with E-state index in [0.717, 1.165) is 13.1 Å². The van der Waals surface area contributed by atoms with Crippen LogP contribution in [0.2, 0.25) is 0 Å². The maximum Gasteiger partial charge on any atom is 0.274 e. The van der Waals surface area contributed by atoms with Crippen molar-refractivity contribution in [2.75, 3.05) is 13.1 Å². The van der Waals surface area contributed by atoms with Gasteiger partial charge in [0.1, 0.15) is 5.69 Å². The Kier molecular flexibility index (Phi) is 3.57. The number of likely N-dealkylation sites (tertiary alicyclic amines) is 1. The zero-order valence-corrected chi connectivity index (χ0v) is 12.6. The maximum atomic E-state index is 12.5. The number of piperidine rings is 1. The number of hydrogen-bond donors (Lipinski definition) is 0. The van der Waals surface area contributed by atoms with E-state index in [9.17, 15) is 4.79 Å². The van der Waals surface area contributed by atoms with Crippen molar-refractivity contribution in [3.63, 3.8) is 0 Å². The van der Waals surface area contributed by atoms with Gasteiger partial charge in [-0.3, -0.25) is 9.48 Å². The third kappa shape index (κ3) is 2.48. The number of rotatable bonds is 2. The Hall–Kier alpha value is -1.32. The first-order valence-electron chi connectivity index (χ1n) is 7.94. The Balaban J connectivity index is 1.63. The minimum absolute atomic E-state index is 0.109. The summed E-state index contributed by atoms with van der Waals surface area (Å²) in [6.45, 7) is 5.97. The molecule has 0 unspecified atom stereocenters. The summed E-state index contributed by atoms with van der Waals surface area (Å²) in [5, 5.41) is 4.40. The molecule has 0 radical (unpaired) electrons. The number of carbonyl (C=O) groups excluding carboxylic acids is 1. The predicted octanol–water partition coefficient (Wildman–Crippen LogP) is 3.26. The molecule has 4 nitrogen and oxygen atoms in total. The maximum absolute atomic E-state index is 12.5. The molecule has 4 heteroatoms. The van der Waals surface area contributed by atoms with E-state index in [4.69, 9.17) is 0 Å². The van der Waals surface area contributed by atoms with E-state index in [-0.39, 0.29) is 5.91 Å². The molecule has 2 fully saturated rings. The summed E-state index contributed by atoms with van der Waals surface area (Å²) in [7, 11) is 0. The number of hydrogen-bond acceptors (Lipinski definition) is 2. The molecule has 1 amide bonds. The van der Waals surface area contributed by atoms with Gasteiger partial charge in [0.25, 0.3) is 5.91 Å². The van der Waals surface area contributed by atoms with E-state index in [0.29, 0.717) is 17.2 Å². The second kappa shape index (κ2) is 5.23. The van der Waals surface area contributed by atoms with Gasteiger partial charge in [-0.2, -0.15) is 5.10 Å². The first-order chi connectivity index (χ1) is 9.60. The van der Waals surface area contributed by atoms with Crippen LogP contribution in [0, 0.1) is 5.41 Å². The molecule has 0 atom stereocenters. The molecule has 0 aromatic carbocycles. The average molecular weight is 275 g/mol. The van der Waals surface area contributed by atoms with Crippen molar-refractivity contribution in [3.05, 3.63) is 18.0 Å². The van der Waals surface area contributed by atoms with Crippen molar-refractivity contribution in [3.8, 4) is 0 Å². The van der Waals surface area contributed by atoms with E-state index in [1.54, 1.807) is 0 Å². The zero-order valence-electron chi connectivity index (χ0n) is 12.6. The topological polar surface area (TPSA) is 38.1 Å². The molecule has 1 aromatic rings. The fourth-order valence-corrected chi connectivity index (χ4v) is 3.71. The predicted molar refractivity (Wildman–Crippen MR) is 78.7 cm³/mol. The van der Waals surface area contributed by atoms with E-state index in [1.165, 1.54) is 38.5 Å². The fourth-order valence-electron chi connectivity index (χ4n) is 3.71. The summed E-state index contributed by atoms with van der Waals surface area (Å²) in [6, 6.07) is 2.15. The summed E-state index contributed by atoms with van der Waals surface area (Å²) in [6.07, 6.45) is 9.78. The SMILES string of the molecule is CC(C)n1ccc(C(=O)N2CCC3(CCCC3)CC2)n1. The third-order valence-electron chi connectivity index (χ3n) is 5.13. The molecule has 1 aliphatic carbocycles. The van der Waals surface area contributed by atoms with Crippen LogP contribution < -0.4 is 0 Å². The van der Waals surface area contributed by atoms with Crippen LogP contribution in [-0.2, 0) is 0 Å². The Morgan fingerprint density at radius 2 is 1.85 bits per heavy atom. The quantitative estimate of drug-likeness (QED) is 0.831. The smallest absolute Gasteiger partial charge is 0.274 e. The van der Waals surface area contributed by atoms with E-state index < -0.39 is 0 Å². The van der Waals surface area contributed by atoms with Crippen LogP contribution in [0.1, 0.15) is 68.9 Å². The summed E-state index contributed by atoms with van der Waals surface area (Å²) in [4.78, 5) is 14.5. The van der Waals surface area contributed by atoms with Crippen molar-refractivity contribution in [2.24, 2.45) is 5.41 Å². The van der Waals surface area contributed by atoms with Crippen molar-refractivity contribution < 1.29 is 4.79 Å². The molecule has 1 spiro atoms. The number of aromatic nitrogens is 2. The minimum atomic E-state index is 0.109. The van der Waals surface area contributed by atoms with Gasteiger partial charge in [-0.25, -0.2) is 0 Å². The van der Waals surface area contributed by atoms with Gasteiger partial charge in [0.15, 0.2) is 0 Å². The monoisotopic (exact) mass is 275 g/mol. The van der Waals surface area contributed by atoms with Gasteiger partial charge in [-0.15, -0.1) is 0 Å².